The molecule has 2 N–H and O–H groups in total. The SMILES string of the molecule is Cc1cc(N)cc(N(C)c2ccc(C#N)cc2)c1. The Kier molecular flexibility index (Phi) is 3.20. The Hall–Kier alpha value is -2.47. The lowest BCUT2D eigenvalue weighted by Gasteiger charge is -2.20. The third-order valence-electron chi connectivity index (χ3n) is 2.86. The number of nitrogens with zero attached hydrogens (tertiary/aromatic N) is 2. The minimum absolute atomic E-state index is 0.663. The molecule has 0 radical (unpaired) electrons. The highest BCUT2D eigenvalue weighted by Crippen LogP contribution is 2.26. The summed E-state index contributed by atoms with van der Waals surface area (Å²) in [4.78, 5) is 2.05. The maximum absolute atomic E-state index is 8.78. The van der Waals surface area contributed by atoms with Crippen LogP contribution in [0.1, 0.15) is 11.1 Å². The van der Waals surface area contributed by atoms with Gasteiger partial charge in [0.15, 0.2) is 0 Å². The summed E-state index contributed by atoms with van der Waals surface area (Å²) in [6.45, 7) is 2.02. The molecule has 0 fully saturated rings. The third-order valence-corrected chi connectivity index (χ3v) is 2.86. The molecule has 2 aromatic carbocycles. The predicted molar refractivity (Wildman–Crippen MR) is 74.8 cm³/mol. The van der Waals surface area contributed by atoms with E-state index in [0.717, 1.165) is 22.6 Å². The van der Waals surface area contributed by atoms with Crippen LogP contribution in [0.5, 0.6) is 0 Å². The van der Waals surface area contributed by atoms with Gasteiger partial charge >= 0.3 is 0 Å². The van der Waals surface area contributed by atoms with E-state index in [4.69, 9.17) is 11.0 Å². The molecule has 0 spiro atoms. The smallest absolute Gasteiger partial charge is 0.0991 e. The van der Waals surface area contributed by atoms with Gasteiger partial charge in [0.25, 0.3) is 0 Å². The molecule has 0 aliphatic heterocycles. The molecule has 0 aliphatic carbocycles. The van der Waals surface area contributed by atoms with Crippen molar-refractivity contribution in [3.63, 3.8) is 0 Å². The highest BCUT2D eigenvalue weighted by Gasteiger charge is 2.05. The fourth-order valence-electron chi connectivity index (χ4n) is 1.89. The number of hydrogen-bond donors (Lipinski definition) is 1. The molecule has 0 amide bonds. The van der Waals surface area contributed by atoms with Crippen molar-refractivity contribution in [1.29, 1.82) is 5.26 Å². The quantitative estimate of drug-likeness (QED) is 0.816. The van der Waals surface area contributed by atoms with Gasteiger partial charge < -0.3 is 10.6 Å². The van der Waals surface area contributed by atoms with Crippen LogP contribution in [-0.4, -0.2) is 7.05 Å². The number of benzene rings is 2. The lowest BCUT2D eigenvalue weighted by Crippen LogP contribution is -2.09. The van der Waals surface area contributed by atoms with E-state index in [1.807, 2.05) is 55.3 Å². The summed E-state index contributed by atoms with van der Waals surface area (Å²) in [5, 5.41) is 8.78. The van der Waals surface area contributed by atoms with Crippen molar-refractivity contribution >= 4 is 17.1 Å². The molecular formula is C15H15N3. The van der Waals surface area contributed by atoms with Gasteiger partial charge in [0.2, 0.25) is 0 Å². The van der Waals surface area contributed by atoms with Crippen molar-refractivity contribution in [2.75, 3.05) is 17.7 Å². The van der Waals surface area contributed by atoms with E-state index in [9.17, 15) is 0 Å². The Balaban J connectivity index is 2.35. The molecule has 0 atom stereocenters. The zero-order chi connectivity index (χ0) is 13.1. The van der Waals surface area contributed by atoms with Crippen LogP contribution in [0.25, 0.3) is 0 Å². The van der Waals surface area contributed by atoms with Crippen LogP contribution in [0.15, 0.2) is 42.5 Å². The first-order valence-corrected chi connectivity index (χ1v) is 5.71. The predicted octanol–water partition coefficient (Wildman–Crippen LogP) is 3.22. The van der Waals surface area contributed by atoms with Gasteiger partial charge in [0.05, 0.1) is 11.6 Å². The molecule has 0 bridgehead atoms. The molecule has 3 nitrogen and oxygen atoms in total. The fraction of sp³-hybridized carbons (Fsp3) is 0.133. The van der Waals surface area contributed by atoms with Crippen molar-refractivity contribution in [3.8, 4) is 6.07 Å². The van der Waals surface area contributed by atoms with Crippen molar-refractivity contribution in [2.24, 2.45) is 0 Å². The fourth-order valence-corrected chi connectivity index (χ4v) is 1.89. The van der Waals surface area contributed by atoms with E-state index < -0.39 is 0 Å². The van der Waals surface area contributed by atoms with E-state index >= 15 is 0 Å². The summed E-state index contributed by atoms with van der Waals surface area (Å²) < 4.78 is 0. The minimum Gasteiger partial charge on any atom is -0.399 e. The second kappa shape index (κ2) is 4.80. The van der Waals surface area contributed by atoms with E-state index in [-0.39, 0.29) is 0 Å². The number of nitrogens with two attached hydrogens (primary N) is 1. The van der Waals surface area contributed by atoms with Gasteiger partial charge in [-0.1, -0.05) is 0 Å². The first-order chi connectivity index (χ1) is 8.60. The lowest BCUT2D eigenvalue weighted by molar-refractivity contribution is 1.20. The average Bonchev–Trinajstić information content (AvgIpc) is 2.37. The number of nitrogen functional groups attached to an aromatic ring is 1. The van der Waals surface area contributed by atoms with Crippen LogP contribution in [-0.2, 0) is 0 Å². The van der Waals surface area contributed by atoms with Gasteiger partial charge in [-0.05, 0) is 55.0 Å². The van der Waals surface area contributed by atoms with Gasteiger partial charge in [-0.2, -0.15) is 5.26 Å². The van der Waals surface area contributed by atoms with Crippen LogP contribution >= 0.6 is 0 Å². The maximum atomic E-state index is 8.78. The second-order valence-corrected chi connectivity index (χ2v) is 4.32. The zero-order valence-corrected chi connectivity index (χ0v) is 10.5. The van der Waals surface area contributed by atoms with Crippen LogP contribution in [0.4, 0.5) is 17.1 Å². The Morgan fingerprint density at radius 2 is 1.72 bits per heavy atom. The highest BCUT2D eigenvalue weighted by atomic mass is 15.1. The highest BCUT2D eigenvalue weighted by molar-refractivity contribution is 5.67. The molecule has 0 aliphatic rings. The zero-order valence-electron chi connectivity index (χ0n) is 10.5. The van der Waals surface area contributed by atoms with E-state index in [1.54, 1.807) is 0 Å². The van der Waals surface area contributed by atoms with Crippen LogP contribution in [0.2, 0.25) is 0 Å². The third kappa shape index (κ3) is 2.44. The van der Waals surface area contributed by atoms with Gasteiger partial charge in [-0.3, -0.25) is 0 Å². The number of rotatable bonds is 2. The summed E-state index contributed by atoms with van der Waals surface area (Å²) in [6, 6.07) is 15.5. The standard InChI is InChI=1S/C15H15N3/c1-11-7-13(17)9-15(8-11)18(2)14-5-3-12(10-16)4-6-14/h3-9H,17H2,1-2H3. The average molecular weight is 237 g/mol. The van der Waals surface area contributed by atoms with Crippen molar-refractivity contribution in [2.45, 2.75) is 6.92 Å². The molecule has 0 unspecified atom stereocenters. The Labute approximate surface area is 107 Å². The largest absolute Gasteiger partial charge is 0.399 e. The van der Waals surface area contributed by atoms with Gasteiger partial charge in [-0.15, -0.1) is 0 Å². The molecule has 2 rings (SSSR count). The molecule has 0 saturated carbocycles. The van der Waals surface area contributed by atoms with Crippen LogP contribution in [0, 0.1) is 18.3 Å². The summed E-state index contributed by atoms with van der Waals surface area (Å²) in [6.07, 6.45) is 0. The number of aryl methyl sites for hydroxylation is 1. The normalized spacial score (nSPS) is 9.83. The van der Waals surface area contributed by atoms with Crippen LogP contribution < -0.4 is 10.6 Å². The Morgan fingerprint density at radius 3 is 2.28 bits per heavy atom. The van der Waals surface area contributed by atoms with E-state index in [2.05, 4.69) is 12.1 Å². The van der Waals surface area contributed by atoms with E-state index in [0.29, 0.717) is 5.56 Å². The molecule has 2 aromatic rings. The Morgan fingerprint density at radius 1 is 1.06 bits per heavy atom. The molecule has 0 heterocycles. The number of anilines is 3. The minimum atomic E-state index is 0.663. The second-order valence-electron chi connectivity index (χ2n) is 4.32. The first kappa shape index (κ1) is 12.0. The Bertz CT molecular complexity index is 574. The topological polar surface area (TPSA) is 53.0 Å². The molecule has 90 valence electrons. The van der Waals surface area contributed by atoms with Gasteiger partial charge in [0.1, 0.15) is 0 Å². The molecule has 3 heteroatoms. The summed E-state index contributed by atoms with van der Waals surface area (Å²) in [5.41, 5.74) is 10.5. The summed E-state index contributed by atoms with van der Waals surface area (Å²) in [5.74, 6) is 0. The summed E-state index contributed by atoms with van der Waals surface area (Å²) >= 11 is 0. The van der Waals surface area contributed by atoms with Crippen LogP contribution in [0.3, 0.4) is 0 Å². The molecular weight excluding hydrogens is 222 g/mol. The van der Waals surface area contributed by atoms with Gasteiger partial charge in [0, 0.05) is 24.1 Å². The van der Waals surface area contributed by atoms with Crippen molar-refractivity contribution in [3.05, 3.63) is 53.6 Å². The monoisotopic (exact) mass is 237 g/mol. The maximum Gasteiger partial charge on any atom is 0.0991 e. The van der Waals surface area contributed by atoms with E-state index in [1.165, 1.54) is 0 Å². The molecule has 0 saturated heterocycles. The summed E-state index contributed by atoms with van der Waals surface area (Å²) in [7, 11) is 1.98. The molecule has 0 aromatic heterocycles. The van der Waals surface area contributed by atoms with Crippen molar-refractivity contribution in [1.82, 2.24) is 0 Å². The lowest BCUT2D eigenvalue weighted by atomic mass is 10.1. The van der Waals surface area contributed by atoms with Crippen molar-refractivity contribution < 1.29 is 0 Å². The van der Waals surface area contributed by atoms with Gasteiger partial charge in [-0.25, -0.2) is 0 Å². The first-order valence-electron chi connectivity index (χ1n) is 5.71. The number of nitriles is 1. The molecule has 18 heavy (non-hydrogen) atoms. The number of hydrogen-bond acceptors (Lipinski definition) is 3.